The lowest BCUT2D eigenvalue weighted by molar-refractivity contribution is 0.591. The minimum absolute atomic E-state index is 0.171. The van der Waals surface area contributed by atoms with Crippen LogP contribution >= 0.6 is 27.7 Å². The second-order valence-corrected chi connectivity index (χ2v) is 6.16. The molecule has 0 fully saturated rings. The highest BCUT2D eigenvalue weighted by Crippen LogP contribution is 2.20. The van der Waals surface area contributed by atoms with Crippen molar-refractivity contribution < 1.29 is 4.39 Å². The van der Waals surface area contributed by atoms with Crippen molar-refractivity contribution in [2.24, 2.45) is 5.73 Å². The summed E-state index contributed by atoms with van der Waals surface area (Å²) in [5.41, 5.74) is 6.67. The minimum atomic E-state index is -0.202. The van der Waals surface area contributed by atoms with Crippen molar-refractivity contribution in [2.45, 2.75) is 25.1 Å². The van der Waals surface area contributed by atoms with Gasteiger partial charge in [0, 0.05) is 21.5 Å². The molecule has 1 nitrogen and oxygen atoms in total. The third-order valence-corrected chi connectivity index (χ3v) is 3.61. The molecule has 0 atom stereocenters. The zero-order valence-electron chi connectivity index (χ0n) is 8.89. The standard InChI is InChI=1S/C11H15BrFNS/c1-11(2,14)7-15-6-8-3-9(12)5-10(13)4-8/h3-5H,6-7,14H2,1-2H3. The molecule has 0 unspecified atom stereocenters. The predicted octanol–water partition coefficient (Wildman–Crippen LogP) is 3.56. The van der Waals surface area contributed by atoms with Crippen LogP contribution in [0, 0.1) is 5.82 Å². The van der Waals surface area contributed by atoms with Crippen molar-refractivity contribution >= 4 is 27.7 Å². The monoisotopic (exact) mass is 291 g/mol. The quantitative estimate of drug-likeness (QED) is 0.918. The van der Waals surface area contributed by atoms with Gasteiger partial charge in [-0.25, -0.2) is 4.39 Å². The third kappa shape index (κ3) is 5.54. The Kier molecular flexibility index (Phi) is 4.62. The molecule has 0 aliphatic rings. The Bertz CT molecular complexity index is 316. The van der Waals surface area contributed by atoms with Gasteiger partial charge in [0.2, 0.25) is 0 Å². The van der Waals surface area contributed by atoms with Gasteiger partial charge in [-0.15, -0.1) is 0 Å². The average molecular weight is 292 g/mol. The van der Waals surface area contributed by atoms with E-state index in [1.54, 1.807) is 17.8 Å². The topological polar surface area (TPSA) is 26.0 Å². The van der Waals surface area contributed by atoms with Crippen LogP contribution in [0.3, 0.4) is 0 Å². The van der Waals surface area contributed by atoms with Gasteiger partial charge in [0.25, 0.3) is 0 Å². The molecule has 4 heteroatoms. The Morgan fingerprint density at radius 2 is 2.07 bits per heavy atom. The second kappa shape index (κ2) is 5.32. The maximum atomic E-state index is 13.0. The molecule has 0 bridgehead atoms. The summed E-state index contributed by atoms with van der Waals surface area (Å²) in [6.07, 6.45) is 0. The Balaban J connectivity index is 2.51. The molecule has 0 radical (unpaired) electrons. The lowest BCUT2D eigenvalue weighted by Gasteiger charge is -2.17. The molecular formula is C11H15BrFNS. The number of nitrogens with two attached hydrogens (primary N) is 1. The molecule has 0 heterocycles. The molecule has 0 saturated carbocycles. The zero-order valence-corrected chi connectivity index (χ0v) is 11.3. The summed E-state index contributed by atoms with van der Waals surface area (Å²) in [7, 11) is 0. The number of benzene rings is 1. The van der Waals surface area contributed by atoms with Crippen molar-refractivity contribution in [1.29, 1.82) is 0 Å². The van der Waals surface area contributed by atoms with Gasteiger partial charge in [-0.05, 0) is 37.6 Å². The predicted molar refractivity (Wildman–Crippen MR) is 68.5 cm³/mol. The van der Waals surface area contributed by atoms with Gasteiger partial charge in [-0.2, -0.15) is 11.8 Å². The van der Waals surface area contributed by atoms with Gasteiger partial charge >= 0.3 is 0 Å². The highest BCUT2D eigenvalue weighted by Gasteiger charge is 2.10. The first-order valence-electron chi connectivity index (χ1n) is 4.68. The van der Waals surface area contributed by atoms with Gasteiger partial charge in [0.15, 0.2) is 0 Å². The number of rotatable bonds is 4. The summed E-state index contributed by atoms with van der Waals surface area (Å²) < 4.78 is 13.8. The van der Waals surface area contributed by atoms with Crippen LogP contribution in [0.5, 0.6) is 0 Å². The fourth-order valence-corrected chi connectivity index (χ4v) is 2.67. The van der Waals surface area contributed by atoms with Crippen LogP contribution in [0.4, 0.5) is 4.39 Å². The molecule has 1 rings (SSSR count). The van der Waals surface area contributed by atoms with E-state index in [2.05, 4.69) is 15.9 Å². The molecule has 84 valence electrons. The zero-order chi connectivity index (χ0) is 11.5. The number of thioether (sulfide) groups is 1. The summed E-state index contributed by atoms with van der Waals surface area (Å²) in [4.78, 5) is 0. The van der Waals surface area contributed by atoms with Crippen LogP contribution in [-0.2, 0) is 5.75 Å². The SMILES string of the molecule is CC(C)(N)CSCc1cc(F)cc(Br)c1. The van der Waals surface area contributed by atoms with Crippen molar-refractivity contribution in [3.8, 4) is 0 Å². The van der Waals surface area contributed by atoms with Gasteiger partial charge < -0.3 is 5.73 Å². The molecule has 0 aliphatic carbocycles. The van der Waals surface area contributed by atoms with Crippen LogP contribution < -0.4 is 5.73 Å². The van der Waals surface area contributed by atoms with Crippen molar-refractivity contribution in [3.05, 3.63) is 34.1 Å². The molecule has 15 heavy (non-hydrogen) atoms. The smallest absolute Gasteiger partial charge is 0.124 e. The molecule has 1 aromatic rings. The first-order valence-corrected chi connectivity index (χ1v) is 6.63. The van der Waals surface area contributed by atoms with Gasteiger partial charge in [-0.1, -0.05) is 15.9 Å². The molecule has 1 aromatic carbocycles. The summed E-state index contributed by atoms with van der Waals surface area (Å²) in [6, 6.07) is 4.95. The Hall–Kier alpha value is -0.0600. The maximum Gasteiger partial charge on any atom is 0.124 e. The van der Waals surface area contributed by atoms with Gasteiger partial charge in [0.05, 0.1) is 0 Å². The van der Waals surface area contributed by atoms with E-state index in [4.69, 9.17) is 5.73 Å². The van der Waals surface area contributed by atoms with E-state index in [0.29, 0.717) is 0 Å². The van der Waals surface area contributed by atoms with Crippen LogP contribution in [0.2, 0.25) is 0 Å². The normalized spacial score (nSPS) is 11.8. The number of hydrogen-bond donors (Lipinski definition) is 1. The van der Waals surface area contributed by atoms with Gasteiger partial charge in [-0.3, -0.25) is 0 Å². The molecule has 2 N–H and O–H groups in total. The maximum absolute atomic E-state index is 13.0. The fraction of sp³-hybridized carbons (Fsp3) is 0.455. The molecule has 0 amide bonds. The summed E-state index contributed by atoms with van der Waals surface area (Å²) in [5, 5.41) is 0. The van der Waals surface area contributed by atoms with E-state index in [-0.39, 0.29) is 11.4 Å². The largest absolute Gasteiger partial charge is 0.325 e. The number of halogens is 2. The van der Waals surface area contributed by atoms with E-state index < -0.39 is 0 Å². The Morgan fingerprint density at radius 1 is 1.40 bits per heavy atom. The molecule has 0 spiro atoms. The summed E-state index contributed by atoms with van der Waals surface area (Å²) in [5.74, 6) is 1.45. The molecule has 0 aromatic heterocycles. The van der Waals surface area contributed by atoms with E-state index in [9.17, 15) is 4.39 Å². The van der Waals surface area contributed by atoms with E-state index >= 15 is 0 Å². The van der Waals surface area contributed by atoms with E-state index in [1.165, 1.54) is 6.07 Å². The second-order valence-electron chi connectivity index (χ2n) is 4.26. The Labute approximate surface area is 103 Å². The van der Waals surface area contributed by atoms with Crippen LogP contribution in [0.1, 0.15) is 19.4 Å². The Morgan fingerprint density at radius 3 is 2.60 bits per heavy atom. The van der Waals surface area contributed by atoms with Crippen LogP contribution in [0.15, 0.2) is 22.7 Å². The lowest BCUT2D eigenvalue weighted by atomic mass is 10.1. The van der Waals surface area contributed by atoms with E-state index in [1.807, 2.05) is 19.9 Å². The molecule has 0 saturated heterocycles. The molecule has 0 aliphatic heterocycles. The van der Waals surface area contributed by atoms with Crippen LogP contribution in [0.25, 0.3) is 0 Å². The summed E-state index contributed by atoms with van der Waals surface area (Å²) >= 11 is 4.99. The van der Waals surface area contributed by atoms with Crippen molar-refractivity contribution in [2.75, 3.05) is 5.75 Å². The molecular weight excluding hydrogens is 277 g/mol. The van der Waals surface area contributed by atoms with Gasteiger partial charge in [0.1, 0.15) is 5.82 Å². The fourth-order valence-electron chi connectivity index (χ4n) is 1.13. The van der Waals surface area contributed by atoms with Crippen molar-refractivity contribution in [1.82, 2.24) is 0 Å². The van der Waals surface area contributed by atoms with Crippen LogP contribution in [-0.4, -0.2) is 11.3 Å². The highest BCUT2D eigenvalue weighted by atomic mass is 79.9. The lowest BCUT2D eigenvalue weighted by Crippen LogP contribution is -2.34. The van der Waals surface area contributed by atoms with Crippen molar-refractivity contribution in [3.63, 3.8) is 0 Å². The average Bonchev–Trinajstić information content (AvgIpc) is 1.99. The first-order chi connectivity index (χ1) is 6.87. The number of hydrogen-bond acceptors (Lipinski definition) is 2. The third-order valence-electron chi connectivity index (χ3n) is 1.67. The summed E-state index contributed by atoms with van der Waals surface area (Å²) in [6.45, 7) is 3.98. The van der Waals surface area contributed by atoms with E-state index in [0.717, 1.165) is 21.5 Å². The highest BCUT2D eigenvalue weighted by molar-refractivity contribution is 9.10. The first kappa shape index (κ1) is 13.0. The minimum Gasteiger partial charge on any atom is -0.325 e.